The lowest BCUT2D eigenvalue weighted by atomic mass is 9.95. The van der Waals surface area contributed by atoms with Gasteiger partial charge in [0.2, 0.25) is 11.8 Å². The van der Waals surface area contributed by atoms with Crippen molar-refractivity contribution >= 4 is 23.1 Å². The van der Waals surface area contributed by atoms with Crippen molar-refractivity contribution in [2.24, 2.45) is 5.92 Å². The van der Waals surface area contributed by atoms with Crippen LogP contribution >= 0.6 is 0 Å². The minimum absolute atomic E-state index is 0.0528. The van der Waals surface area contributed by atoms with Crippen LogP contribution in [0.15, 0.2) is 36.5 Å². The Morgan fingerprint density at radius 2 is 1.83 bits per heavy atom. The van der Waals surface area contributed by atoms with Gasteiger partial charge in [-0.1, -0.05) is 6.07 Å². The monoisotopic (exact) mass is 497 g/mol. The number of pyridine rings is 1. The Hall–Kier alpha value is -3.43. The molecular weight excluding hydrogens is 471 g/mol. The number of halogens is 3. The van der Waals surface area contributed by atoms with Crippen LogP contribution < -0.4 is 4.90 Å². The average molecular weight is 498 g/mol. The van der Waals surface area contributed by atoms with Gasteiger partial charge >= 0.3 is 6.18 Å². The molecule has 2 aromatic heterocycles. The number of hydrogen-bond donors (Lipinski definition) is 0. The number of fused-ring (bicyclic) bond motifs is 2. The van der Waals surface area contributed by atoms with Gasteiger partial charge in [0.05, 0.1) is 11.5 Å². The fourth-order valence-electron chi connectivity index (χ4n) is 5.85. The third-order valence-electron chi connectivity index (χ3n) is 7.72. The molecule has 0 spiro atoms. The Morgan fingerprint density at radius 3 is 2.67 bits per heavy atom. The smallest absolute Gasteiger partial charge is 0.342 e. The van der Waals surface area contributed by atoms with Gasteiger partial charge in [-0.25, -0.2) is 0 Å². The number of rotatable bonds is 3. The highest BCUT2D eigenvalue weighted by Gasteiger charge is 2.39. The summed E-state index contributed by atoms with van der Waals surface area (Å²) in [4.78, 5) is 29.7. The molecule has 2 atom stereocenters. The molecule has 188 valence electrons. The molecule has 1 aliphatic carbocycles. The summed E-state index contributed by atoms with van der Waals surface area (Å²) < 4.78 is 41.1. The molecule has 0 bridgehead atoms. The van der Waals surface area contributed by atoms with Crippen LogP contribution in [0.25, 0.3) is 5.65 Å². The first kappa shape index (κ1) is 23.0. The molecule has 0 N–H and O–H groups in total. The number of alkyl halides is 3. The summed E-state index contributed by atoms with van der Waals surface area (Å²) in [6.45, 7) is 1.25. The number of hydrogen-bond acceptors (Lipinski definition) is 4. The van der Waals surface area contributed by atoms with Gasteiger partial charge in [0.15, 0.2) is 5.65 Å². The first-order valence-electron chi connectivity index (χ1n) is 12.4. The summed E-state index contributed by atoms with van der Waals surface area (Å²) in [7, 11) is 0. The lowest BCUT2D eigenvalue weighted by Crippen LogP contribution is -2.43. The van der Waals surface area contributed by atoms with Crippen LogP contribution in [0.2, 0.25) is 0 Å². The second-order valence-corrected chi connectivity index (χ2v) is 10.0. The quantitative estimate of drug-likeness (QED) is 0.549. The van der Waals surface area contributed by atoms with E-state index in [9.17, 15) is 22.8 Å². The molecule has 36 heavy (non-hydrogen) atoms. The van der Waals surface area contributed by atoms with Crippen LogP contribution in [-0.2, 0) is 28.6 Å². The van der Waals surface area contributed by atoms with Crippen LogP contribution in [0.3, 0.4) is 0 Å². The summed E-state index contributed by atoms with van der Waals surface area (Å²) in [5, 5.41) is 8.20. The van der Waals surface area contributed by atoms with E-state index < -0.39 is 17.7 Å². The Kier molecular flexibility index (Phi) is 5.49. The van der Waals surface area contributed by atoms with Crippen LogP contribution in [0.5, 0.6) is 0 Å². The fourth-order valence-corrected chi connectivity index (χ4v) is 5.85. The predicted octanol–water partition coefficient (Wildman–Crippen LogP) is 4.00. The fraction of sp³-hybridized carbons (Fsp3) is 0.462. The number of amides is 2. The summed E-state index contributed by atoms with van der Waals surface area (Å²) in [6.07, 6.45) is 1.34. The van der Waals surface area contributed by atoms with E-state index in [0.717, 1.165) is 37.2 Å². The number of aryl methyl sites for hydroxylation is 2. The van der Waals surface area contributed by atoms with Gasteiger partial charge < -0.3 is 9.80 Å². The molecule has 3 aromatic rings. The zero-order valence-electron chi connectivity index (χ0n) is 19.7. The molecule has 2 aliphatic heterocycles. The highest BCUT2D eigenvalue weighted by molar-refractivity contribution is 6.00. The minimum Gasteiger partial charge on any atom is -0.342 e. The van der Waals surface area contributed by atoms with Crippen LogP contribution in [0, 0.1) is 5.92 Å². The van der Waals surface area contributed by atoms with Gasteiger partial charge in [0.25, 0.3) is 0 Å². The molecular formula is C26H26F3N5O2. The summed E-state index contributed by atoms with van der Waals surface area (Å²) in [5.41, 5.74) is 3.04. The van der Waals surface area contributed by atoms with Crippen LogP contribution in [0.4, 0.5) is 18.9 Å². The molecule has 2 fully saturated rings. The molecule has 4 heterocycles. The van der Waals surface area contributed by atoms with Crippen molar-refractivity contribution in [2.45, 2.75) is 50.6 Å². The minimum atomic E-state index is -4.47. The number of likely N-dealkylation sites (tertiary alicyclic amines) is 1. The Labute approximate surface area is 205 Å². The maximum absolute atomic E-state index is 13.4. The molecule has 2 unspecified atom stereocenters. The van der Waals surface area contributed by atoms with E-state index in [1.807, 2.05) is 6.07 Å². The van der Waals surface area contributed by atoms with Crippen molar-refractivity contribution in [3.8, 4) is 0 Å². The standard InChI is InChI=1S/C26H26F3N5O2/c27-26(28,29)20-7-9-22-30-31-24(34(22)15-20)18-5-2-10-32(13-18)25(36)19-12-23(35)33(14-19)21-8-6-16-3-1-4-17(16)11-21/h6-9,11,15,18-19H,1-5,10,12-14H2. The Balaban J connectivity index is 1.18. The number of aromatic nitrogens is 3. The molecule has 7 nitrogen and oxygen atoms in total. The van der Waals surface area contributed by atoms with Gasteiger partial charge in [-0.05, 0) is 67.5 Å². The number of anilines is 1. The van der Waals surface area contributed by atoms with Crippen molar-refractivity contribution < 1.29 is 22.8 Å². The largest absolute Gasteiger partial charge is 0.417 e. The Bertz CT molecular complexity index is 1350. The molecule has 0 radical (unpaired) electrons. The van der Waals surface area contributed by atoms with Gasteiger partial charge in [0, 0.05) is 43.9 Å². The van der Waals surface area contributed by atoms with Gasteiger partial charge in [-0.3, -0.25) is 14.0 Å². The molecule has 0 saturated carbocycles. The maximum atomic E-state index is 13.4. The predicted molar refractivity (Wildman–Crippen MR) is 125 cm³/mol. The van der Waals surface area contributed by atoms with Crippen molar-refractivity contribution in [3.63, 3.8) is 0 Å². The van der Waals surface area contributed by atoms with E-state index in [1.165, 1.54) is 21.6 Å². The topological polar surface area (TPSA) is 70.8 Å². The second-order valence-electron chi connectivity index (χ2n) is 10.0. The number of benzene rings is 1. The van der Waals surface area contributed by atoms with E-state index in [0.29, 0.717) is 43.9 Å². The maximum Gasteiger partial charge on any atom is 0.417 e. The number of nitrogens with zero attached hydrogens (tertiary/aromatic N) is 5. The van der Waals surface area contributed by atoms with Crippen LogP contribution in [-0.4, -0.2) is 50.9 Å². The van der Waals surface area contributed by atoms with E-state index >= 15 is 0 Å². The Morgan fingerprint density at radius 1 is 1.00 bits per heavy atom. The highest BCUT2D eigenvalue weighted by atomic mass is 19.4. The van der Waals surface area contributed by atoms with Gasteiger partial charge in [-0.15, -0.1) is 10.2 Å². The summed E-state index contributed by atoms with van der Waals surface area (Å²) >= 11 is 0. The molecule has 2 amide bonds. The number of carbonyl (C=O) groups excluding carboxylic acids is 2. The van der Waals surface area contributed by atoms with E-state index in [1.54, 1.807) is 9.80 Å². The third kappa shape index (κ3) is 4.02. The van der Waals surface area contributed by atoms with E-state index in [2.05, 4.69) is 22.3 Å². The van der Waals surface area contributed by atoms with Crippen molar-refractivity contribution in [3.05, 3.63) is 59.0 Å². The van der Waals surface area contributed by atoms with Crippen molar-refractivity contribution in [2.75, 3.05) is 24.5 Å². The lowest BCUT2D eigenvalue weighted by Gasteiger charge is -2.33. The summed E-state index contributed by atoms with van der Waals surface area (Å²) in [5.74, 6) is -0.372. The molecule has 6 rings (SSSR count). The zero-order valence-corrected chi connectivity index (χ0v) is 19.7. The molecule has 10 heteroatoms. The number of carbonyl (C=O) groups is 2. The van der Waals surface area contributed by atoms with Gasteiger partial charge in [-0.2, -0.15) is 13.2 Å². The van der Waals surface area contributed by atoms with E-state index in [-0.39, 0.29) is 24.2 Å². The van der Waals surface area contributed by atoms with Crippen LogP contribution in [0.1, 0.15) is 54.1 Å². The second kappa shape index (κ2) is 8.60. The number of piperidine rings is 1. The van der Waals surface area contributed by atoms with Crippen molar-refractivity contribution in [1.29, 1.82) is 0 Å². The normalized spacial score (nSPS) is 22.5. The summed E-state index contributed by atoms with van der Waals surface area (Å²) in [6, 6.07) is 8.44. The van der Waals surface area contributed by atoms with Crippen molar-refractivity contribution in [1.82, 2.24) is 19.5 Å². The SMILES string of the molecule is O=C(C1CC(=O)N(c2ccc3c(c2)CCC3)C1)N1CCCC(c2nnc3ccc(C(F)(F)F)cn23)C1. The third-order valence-corrected chi connectivity index (χ3v) is 7.72. The molecule has 2 saturated heterocycles. The average Bonchev–Trinajstić information content (AvgIpc) is 3.60. The highest BCUT2D eigenvalue weighted by Crippen LogP contribution is 2.34. The lowest BCUT2D eigenvalue weighted by molar-refractivity contribution is -0.138. The zero-order chi connectivity index (χ0) is 25.0. The molecule has 3 aliphatic rings. The first-order valence-corrected chi connectivity index (χ1v) is 12.4. The van der Waals surface area contributed by atoms with Gasteiger partial charge in [0.1, 0.15) is 5.82 Å². The first-order chi connectivity index (χ1) is 17.3. The van der Waals surface area contributed by atoms with E-state index in [4.69, 9.17) is 0 Å². The molecule has 1 aromatic carbocycles.